The van der Waals surface area contributed by atoms with E-state index in [2.05, 4.69) is 10.6 Å². The molecule has 0 fully saturated rings. The molecule has 134 valence electrons. The quantitative estimate of drug-likeness (QED) is 0.585. The van der Waals surface area contributed by atoms with Gasteiger partial charge in [-0.05, 0) is 36.8 Å². The van der Waals surface area contributed by atoms with Crippen molar-refractivity contribution in [1.29, 1.82) is 0 Å². The van der Waals surface area contributed by atoms with Crippen LogP contribution in [0.2, 0.25) is 0 Å². The molecule has 0 aliphatic carbocycles. The van der Waals surface area contributed by atoms with Crippen molar-refractivity contribution in [2.24, 2.45) is 5.73 Å². The molecule has 7 nitrogen and oxygen atoms in total. The molecule has 2 aromatic rings. The third-order valence-corrected chi connectivity index (χ3v) is 3.67. The lowest BCUT2D eigenvalue weighted by Gasteiger charge is -2.16. The van der Waals surface area contributed by atoms with Crippen molar-refractivity contribution in [1.82, 2.24) is 0 Å². The number of methoxy groups -OCH3 is 2. The number of benzene rings is 2. The molecule has 0 saturated heterocycles. The zero-order chi connectivity index (χ0) is 18.4. The van der Waals surface area contributed by atoms with Gasteiger partial charge in [-0.3, -0.25) is 4.79 Å². The van der Waals surface area contributed by atoms with E-state index in [9.17, 15) is 4.79 Å². The Morgan fingerprint density at radius 1 is 1.16 bits per heavy atom. The van der Waals surface area contributed by atoms with Crippen LogP contribution < -0.4 is 25.8 Å². The van der Waals surface area contributed by atoms with Crippen molar-refractivity contribution in [3.05, 3.63) is 41.5 Å². The molecule has 0 bridgehead atoms. The van der Waals surface area contributed by atoms with Crippen LogP contribution in [0.25, 0.3) is 0 Å². The Morgan fingerprint density at radius 3 is 2.52 bits per heavy atom. The minimum atomic E-state index is -0.533. The summed E-state index contributed by atoms with van der Waals surface area (Å²) in [4.78, 5) is 11.5. The van der Waals surface area contributed by atoms with Crippen LogP contribution in [0.5, 0.6) is 11.5 Å². The number of anilines is 3. The summed E-state index contributed by atoms with van der Waals surface area (Å²) in [7, 11) is 3.18. The molecule has 25 heavy (non-hydrogen) atoms. The van der Waals surface area contributed by atoms with E-state index in [0.717, 1.165) is 16.9 Å². The average Bonchev–Trinajstić information content (AvgIpc) is 2.59. The molecule has 7 heteroatoms. The maximum atomic E-state index is 11.5. The maximum Gasteiger partial charge on any atom is 0.250 e. The molecule has 0 heterocycles. The number of amides is 1. The molecule has 1 amide bonds. The summed E-state index contributed by atoms with van der Waals surface area (Å²) < 4.78 is 10.7. The second-order valence-corrected chi connectivity index (χ2v) is 5.43. The van der Waals surface area contributed by atoms with Crippen molar-refractivity contribution in [2.75, 3.05) is 38.0 Å². The maximum absolute atomic E-state index is 11.5. The predicted molar refractivity (Wildman–Crippen MR) is 98.1 cm³/mol. The Morgan fingerprint density at radius 2 is 1.92 bits per heavy atom. The van der Waals surface area contributed by atoms with E-state index in [4.69, 9.17) is 20.3 Å². The number of carbonyl (C=O) groups is 1. The van der Waals surface area contributed by atoms with Gasteiger partial charge in [-0.25, -0.2) is 0 Å². The van der Waals surface area contributed by atoms with Crippen LogP contribution in [-0.2, 0) is 0 Å². The van der Waals surface area contributed by atoms with Crippen LogP contribution in [0.1, 0.15) is 15.9 Å². The van der Waals surface area contributed by atoms with Gasteiger partial charge in [-0.2, -0.15) is 0 Å². The van der Waals surface area contributed by atoms with Crippen molar-refractivity contribution in [3.8, 4) is 11.5 Å². The van der Waals surface area contributed by atoms with Crippen LogP contribution in [0, 0.1) is 6.92 Å². The first-order chi connectivity index (χ1) is 12.0. The summed E-state index contributed by atoms with van der Waals surface area (Å²) >= 11 is 0. The number of aliphatic hydroxyl groups excluding tert-OH is 1. The lowest BCUT2D eigenvalue weighted by Crippen LogP contribution is -2.16. The molecule has 0 unspecified atom stereocenters. The van der Waals surface area contributed by atoms with E-state index in [0.29, 0.717) is 29.3 Å². The van der Waals surface area contributed by atoms with Gasteiger partial charge >= 0.3 is 0 Å². The fourth-order valence-electron chi connectivity index (χ4n) is 2.57. The highest BCUT2D eigenvalue weighted by Gasteiger charge is 2.12. The van der Waals surface area contributed by atoms with Gasteiger partial charge in [-0.15, -0.1) is 0 Å². The van der Waals surface area contributed by atoms with E-state index >= 15 is 0 Å². The first-order valence-corrected chi connectivity index (χ1v) is 7.78. The molecule has 2 aromatic carbocycles. The van der Waals surface area contributed by atoms with Crippen LogP contribution in [-0.4, -0.2) is 38.4 Å². The Bertz CT molecular complexity index is 762. The van der Waals surface area contributed by atoms with Crippen LogP contribution in [0.3, 0.4) is 0 Å². The largest absolute Gasteiger partial charge is 0.493 e. The number of ether oxygens (including phenoxy) is 2. The third-order valence-electron chi connectivity index (χ3n) is 3.67. The smallest absolute Gasteiger partial charge is 0.250 e. The summed E-state index contributed by atoms with van der Waals surface area (Å²) in [5, 5.41) is 15.2. The lowest BCUT2D eigenvalue weighted by molar-refractivity contribution is 0.100. The first kappa shape index (κ1) is 18.4. The second kappa shape index (κ2) is 8.25. The number of nitrogens with one attached hydrogen (secondary N) is 2. The van der Waals surface area contributed by atoms with Gasteiger partial charge in [0, 0.05) is 29.7 Å². The number of aliphatic hydroxyl groups is 1. The van der Waals surface area contributed by atoms with Crippen LogP contribution >= 0.6 is 0 Å². The Labute approximate surface area is 146 Å². The SMILES string of the molecule is COc1cc(Nc2ccc(C(N)=O)c(NCCO)c2)cc(C)c1OC. The van der Waals surface area contributed by atoms with Gasteiger partial charge in [0.2, 0.25) is 0 Å². The van der Waals surface area contributed by atoms with E-state index in [1.165, 1.54) is 0 Å². The average molecular weight is 345 g/mol. The number of primary amides is 1. The zero-order valence-electron chi connectivity index (χ0n) is 14.6. The zero-order valence-corrected chi connectivity index (χ0v) is 14.6. The fourth-order valence-corrected chi connectivity index (χ4v) is 2.57. The van der Waals surface area contributed by atoms with Crippen LogP contribution in [0.15, 0.2) is 30.3 Å². The standard InChI is InChI=1S/C18H23N3O4/c1-11-8-13(10-16(24-2)17(11)25-3)21-12-4-5-14(18(19)23)15(9-12)20-6-7-22/h4-5,8-10,20-22H,6-7H2,1-3H3,(H2,19,23). The summed E-state index contributed by atoms with van der Waals surface area (Å²) in [5.74, 6) is 0.772. The number of rotatable bonds is 8. The van der Waals surface area contributed by atoms with E-state index in [1.54, 1.807) is 32.4 Å². The van der Waals surface area contributed by atoms with Crippen molar-refractivity contribution >= 4 is 23.0 Å². The molecule has 0 atom stereocenters. The first-order valence-electron chi connectivity index (χ1n) is 7.78. The van der Waals surface area contributed by atoms with Gasteiger partial charge in [0.15, 0.2) is 11.5 Å². The van der Waals surface area contributed by atoms with Crippen molar-refractivity contribution in [3.63, 3.8) is 0 Å². The number of carbonyl (C=O) groups excluding carboxylic acids is 1. The van der Waals surface area contributed by atoms with Crippen molar-refractivity contribution in [2.45, 2.75) is 6.92 Å². The minimum absolute atomic E-state index is 0.0509. The molecule has 2 rings (SSSR count). The minimum Gasteiger partial charge on any atom is -0.493 e. The highest BCUT2D eigenvalue weighted by molar-refractivity contribution is 5.99. The Kier molecular flexibility index (Phi) is 6.08. The number of hydrogen-bond acceptors (Lipinski definition) is 6. The molecule has 0 aliphatic heterocycles. The van der Waals surface area contributed by atoms with Gasteiger partial charge in [0.05, 0.1) is 26.4 Å². The van der Waals surface area contributed by atoms with Gasteiger partial charge < -0.3 is 30.9 Å². The van der Waals surface area contributed by atoms with Gasteiger partial charge in [-0.1, -0.05) is 0 Å². The molecular formula is C18H23N3O4. The fraction of sp³-hybridized carbons (Fsp3) is 0.278. The highest BCUT2D eigenvalue weighted by atomic mass is 16.5. The monoisotopic (exact) mass is 345 g/mol. The van der Waals surface area contributed by atoms with Crippen LogP contribution in [0.4, 0.5) is 17.1 Å². The number of aryl methyl sites for hydroxylation is 1. The highest BCUT2D eigenvalue weighted by Crippen LogP contribution is 2.35. The number of nitrogens with two attached hydrogens (primary N) is 1. The Balaban J connectivity index is 2.34. The molecule has 5 N–H and O–H groups in total. The van der Waals surface area contributed by atoms with Gasteiger partial charge in [0.25, 0.3) is 5.91 Å². The third kappa shape index (κ3) is 4.33. The topological polar surface area (TPSA) is 106 Å². The van der Waals surface area contributed by atoms with E-state index in [-0.39, 0.29) is 6.61 Å². The molecule has 0 aromatic heterocycles. The molecule has 0 radical (unpaired) electrons. The second-order valence-electron chi connectivity index (χ2n) is 5.43. The van der Waals surface area contributed by atoms with E-state index in [1.807, 2.05) is 19.1 Å². The normalized spacial score (nSPS) is 10.2. The van der Waals surface area contributed by atoms with Gasteiger partial charge in [0.1, 0.15) is 0 Å². The number of hydrogen-bond donors (Lipinski definition) is 4. The van der Waals surface area contributed by atoms with Crippen molar-refractivity contribution < 1.29 is 19.4 Å². The summed E-state index contributed by atoms with van der Waals surface area (Å²) in [6.45, 7) is 2.20. The predicted octanol–water partition coefficient (Wildman–Crippen LogP) is 2.26. The summed E-state index contributed by atoms with van der Waals surface area (Å²) in [6, 6.07) is 8.93. The lowest BCUT2D eigenvalue weighted by atomic mass is 10.1. The Hall–Kier alpha value is -2.93. The summed E-state index contributed by atoms with van der Waals surface area (Å²) in [6.07, 6.45) is 0. The van der Waals surface area contributed by atoms with E-state index < -0.39 is 5.91 Å². The summed E-state index contributed by atoms with van der Waals surface area (Å²) in [5.41, 5.74) is 8.81. The molecule has 0 saturated carbocycles. The molecular weight excluding hydrogens is 322 g/mol. The molecule has 0 spiro atoms. The molecule has 0 aliphatic rings.